The van der Waals surface area contributed by atoms with Crippen LogP contribution in [0.5, 0.6) is 5.75 Å². The Morgan fingerprint density at radius 2 is 1.79 bits per heavy atom. The lowest BCUT2D eigenvalue weighted by molar-refractivity contribution is -0.0601. The van der Waals surface area contributed by atoms with Gasteiger partial charge in [-0.2, -0.15) is 4.98 Å². The van der Waals surface area contributed by atoms with Gasteiger partial charge in [0.15, 0.2) is 0 Å². The molecule has 0 spiro atoms. The number of fused-ring (bicyclic) bond motifs is 1. The van der Waals surface area contributed by atoms with Gasteiger partial charge in [-0.05, 0) is 52.3 Å². The van der Waals surface area contributed by atoms with Crippen LogP contribution in [0, 0.1) is 19.8 Å². The number of para-hydroxylation sites is 1. The molecule has 1 aromatic carbocycles. The lowest BCUT2D eigenvalue weighted by Gasteiger charge is -2.28. The zero-order valence-electron chi connectivity index (χ0n) is 22.4. The molecule has 1 saturated carbocycles. The molecule has 1 fully saturated rings. The maximum absolute atomic E-state index is 10.9. The highest BCUT2D eigenvalue weighted by Crippen LogP contribution is 2.40. The fourth-order valence-electron chi connectivity index (χ4n) is 5.00. The molecule has 4 atom stereocenters. The summed E-state index contributed by atoms with van der Waals surface area (Å²) in [5.74, 6) is 1.18. The number of aromatic nitrogens is 4. The second-order valence-electron chi connectivity index (χ2n) is 10.4. The van der Waals surface area contributed by atoms with Crippen LogP contribution in [0.3, 0.4) is 0 Å². The second kappa shape index (κ2) is 11.0. The third-order valence-corrected chi connectivity index (χ3v) is 8.14. The van der Waals surface area contributed by atoms with Crippen LogP contribution in [0.25, 0.3) is 20.8 Å². The van der Waals surface area contributed by atoms with Crippen LogP contribution < -0.4 is 15.4 Å². The van der Waals surface area contributed by atoms with E-state index in [0.717, 1.165) is 32.2 Å². The van der Waals surface area contributed by atoms with E-state index in [-0.39, 0.29) is 0 Å². The van der Waals surface area contributed by atoms with Crippen molar-refractivity contribution in [1.82, 2.24) is 19.9 Å². The number of anilines is 2. The number of aryl methyl sites for hydroxylation is 2. The number of ether oxygens (including phenoxy) is 1. The molecule has 11 heteroatoms. The summed E-state index contributed by atoms with van der Waals surface area (Å²) in [6.45, 7) is 8.00. The third-order valence-electron chi connectivity index (χ3n) is 7.10. The van der Waals surface area contributed by atoms with E-state index in [0.29, 0.717) is 37.0 Å². The number of nitrogens with zero attached hydrogens (tertiary/aromatic N) is 4. The highest BCUT2D eigenvalue weighted by Gasteiger charge is 2.48. The summed E-state index contributed by atoms with van der Waals surface area (Å²) in [7, 11) is 0. The second-order valence-corrected chi connectivity index (χ2v) is 11.5. The maximum atomic E-state index is 10.9. The quantitative estimate of drug-likeness (QED) is 0.196. The highest BCUT2D eigenvalue weighted by molar-refractivity contribution is 7.21. The Labute approximate surface area is 231 Å². The van der Waals surface area contributed by atoms with E-state index < -0.39 is 29.8 Å². The minimum absolute atomic E-state index is 0.366. The van der Waals surface area contributed by atoms with Crippen LogP contribution in [0.4, 0.5) is 11.8 Å². The first-order valence-electron chi connectivity index (χ1n) is 13.0. The van der Waals surface area contributed by atoms with Crippen LogP contribution in [-0.4, -0.2) is 72.3 Å². The monoisotopic (exact) mass is 550 g/mol. The van der Waals surface area contributed by atoms with E-state index in [9.17, 15) is 15.3 Å². The lowest BCUT2D eigenvalue weighted by atomic mass is 9.88. The van der Waals surface area contributed by atoms with Gasteiger partial charge in [-0.3, -0.25) is 4.98 Å². The van der Waals surface area contributed by atoms with Gasteiger partial charge in [-0.1, -0.05) is 18.2 Å². The number of benzene rings is 1. The molecular formula is C28H34N6O4S. The standard InChI is InChI=1S/C28H34N6O4S/c1-15-21(26-33-22-16(2)29-11-10-20(22)39-26)25(32-19-14-18(28(3,4)37)23(35)24(19)36)34-27(31-15)30-12-13-38-17-8-6-5-7-9-17/h5-11,18-19,23-24,35-37H,12-14H2,1-4H3,(H2,30,31,32,34)/t18-,19+,23+,24-/m0/s1. The van der Waals surface area contributed by atoms with E-state index in [4.69, 9.17) is 19.7 Å². The molecule has 0 bridgehead atoms. The van der Waals surface area contributed by atoms with Gasteiger partial charge >= 0.3 is 0 Å². The first-order chi connectivity index (χ1) is 18.6. The predicted molar refractivity (Wildman–Crippen MR) is 152 cm³/mol. The summed E-state index contributed by atoms with van der Waals surface area (Å²) >= 11 is 1.52. The summed E-state index contributed by atoms with van der Waals surface area (Å²) in [4.78, 5) is 18.7. The molecule has 3 heterocycles. The Morgan fingerprint density at radius 1 is 1.03 bits per heavy atom. The van der Waals surface area contributed by atoms with Crippen molar-refractivity contribution < 1.29 is 20.1 Å². The summed E-state index contributed by atoms with van der Waals surface area (Å²) < 4.78 is 6.77. The number of rotatable bonds is 9. The molecule has 0 radical (unpaired) electrons. The highest BCUT2D eigenvalue weighted by atomic mass is 32.1. The number of nitrogens with one attached hydrogen (secondary N) is 2. The molecule has 5 N–H and O–H groups in total. The van der Waals surface area contributed by atoms with Crippen LogP contribution in [0.2, 0.25) is 0 Å². The maximum Gasteiger partial charge on any atom is 0.225 e. The van der Waals surface area contributed by atoms with Crippen molar-refractivity contribution in [2.24, 2.45) is 5.92 Å². The smallest absolute Gasteiger partial charge is 0.225 e. The molecule has 39 heavy (non-hydrogen) atoms. The number of hydrogen-bond acceptors (Lipinski definition) is 11. The number of pyridine rings is 1. The first kappa shape index (κ1) is 27.2. The van der Waals surface area contributed by atoms with E-state index in [1.54, 1.807) is 20.0 Å². The molecule has 0 aliphatic heterocycles. The van der Waals surface area contributed by atoms with Crippen molar-refractivity contribution in [3.05, 3.63) is 54.0 Å². The molecule has 0 amide bonds. The Balaban J connectivity index is 1.44. The largest absolute Gasteiger partial charge is 0.492 e. The molecule has 206 valence electrons. The summed E-state index contributed by atoms with van der Waals surface area (Å²) in [6.07, 6.45) is -0.0234. The van der Waals surface area contributed by atoms with Crippen LogP contribution in [0.15, 0.2) is 42.6 Å². The van der Waals surface area contributed by atoms with Gasteiger partial charge in [0.1, 0.15) is 34.8 Å². The molecule has 1 aliphatic rings. The van der Waals surface area contributed by atoms with Gasteiger partial charge in [0.05, 0.1) is 45.9 Å². The van der Waals surface area contributed by atoms with E-state index in [1.807, 2.05) is 50.2 Å². The fraction of sp³-hybridized carbons (Fsp3) is 0.429. The van der Waals surface area contributed by atoms with Gasteiger partial charge in [-0.25, -0.2) is 9.97 Å². The normalized spacial score (nSPS) is 21.3. The molecular weight excluding hydrogens is 516 g/mol. The van der Waals surface area contributed by atoms with Crippen molar-refractivity contribution in [1.29, 1.82) is 0 Å². The molecule has 1 aliphatic carbocycles. The van der Waals surface area contributed by atoms with Crippen LogP contribution in [0.1, 0.15) is 31.7 Å². The fourth-order valence-corrected chi connectivity index (χ4v) is 6.12. The van der Waals surface area contributed by atoms with Crippen molar-refractivity contribution in [2.45, 2.75) is 58.0 Å². The van der Waals surface area contributed by atoms with Crippen molar-refractivity contribution in [2.75, 3.05) is 23.8 Å². The molecule has 0 saturated heterocycles. The van der Waals surface area contributed by atoms with E-state index >= 15 is 0 Å². The lowest BCUT2D eigenvalue weighted by Crippen LogP contribution is -2.40. The number of aliphatic hydroxyl groups excluding tert-OH is 2. The SMILES string of the molecule is Cc1nc(NCCOc2ccccc2)nc(N[C@@H]2C[C@H](C(C)(C)O)[C@@H](O)[C@H]2O)c1-c1nc2c(C)nccc2s1. The number of aliphatic hydroxyl groups is 3. The van der Waals surface area contributed by atoms with Crippen molar-refractivity contribution >= 4 is 33.3 Å². The summed E-state index contributed by atoms with van der Waals surface area (Å²) in [6, 6.07) is 11.0. The molecule has 10 nitrogen and oxygen atoms in total. The van der Waals surface area contributed by atoms with E-state index in [2.05, 4.69) is 15.6 Å². The van der Waals surface area contributed by atoms with E-state index in [1.165, 1.54) is 11.3 Å². The molecule has 5 rings (SSSR count). The van der Waals surface area contributed by atoms with Gasteiger partial charge < -0.3 is 30.7 Å². The first-order valence-corrected chi connectivity index (χ1v) is 13.8. The van der Waals surface area contributed by atoms with Crippen molar-refractivity contribution in [3.63, 3.8) is 0 Å². The van der Waals surface area contributed by atoms with Crippen molar-refractivity contribution in [3.8, 4) is 16.3 Å². The Hall–Kier alpha value is -3.38. The minimum Gasteiger partial charge on any atom is -0.492 e. The Morgan fingerprint density at radius 3 is 2.49 bits per heavy atom. The summed E-state index contributed by atoms with van der Waals surface area (Å²) in [5.41, 5.74) is 1.93. The van der Waals surface area contributed by atoms with Crippen LogP contribution in [-0.2, 0) is 0 Å². The predicted octanol–water partition coefficient (Wildman–Crippen LogP) is 3.55. The third kappa shape index (κ3) is 5.81. The average molecular weight is 551 g/mol. The Kier molecular flexibility index (Phi) is 7.68. The Bertz CT molecular complexity index is 1440. The van der Waals surface area contributed by atoms with Crippen LogP contribution >= 0.6 is 11.3 Å². The number of hydrogen-bond donors (Lipinski definition) is 5. The average Bonchev–Trinajstić information content (AvgIpc) is 3.44. The molecule has 0 unspecified atom stereocenters. The van der Waals surface area contributed by atoms with Gasteiger partial charge in [0.2, 0.25) is 5.95 Å². The van der Waals surface area contributed by atoms with Gasteiger partial charge in [0.25, 0.3) is 0 Å². The number of thiazole rings is 1. The topological polar surface area (TPSA) is 146 Å². The molecule has 4 aromatic rings. The summed E-state index contributed by atoms with van der Waals surface area (Å²) in [5, 5.41) is 39.4. The molecule has 3 aromatic heterocycles. The minimum atomic E-state index is -1.15. The zero-order valence-corrected chi connectivity index (χ0v) is 23.2. The zero-order chi connectivity index (χ0) is 27.7. The van der Waals surface area contributed by atoms with Gasteiger partial charge in [-0.15, -0.1) is 11.3 Å². The van der Waals surface area contributed by atoms with Gasteiger partial charge in [0, 0.05) is 12.1 Å².